The van der Waals surface area contributed by atoms with Crippen molar-refractivity contribution in [1.29, 1.82) is 0 Å². The third-order valence-electron chi connectivity index (χ3n) is 3.70. The molecule has 1 aromatic carbocycles. The topological polar surface area (TPSA) is 81.2 Å². The van der Waals surface area contributed by atoms with Gasteiger partial charge in [-0.3, -0.25) is 10.1 Å². The largest absolute Gasteiger partial charge is 0.423 e. The Morgan fingerprint density at radius 2 is 2.10 bits per heavy atom. The molecule has 0 fully saturated rings. The highest BCUT2D eigenvalue weighted by molar-refractivity contribution is 5.84. The number of fused-ring (bicyclic) bond motifs is 1. The van der Waals surface area contributed by atoms with E-state index < -0.39 is 4.92 Å². The molecule has 108 valence electrons. The van der Waals surface area contributed by atoms with Crippen LogP contribution in [-0.4, -0.2) is 15.9 Å². The molecule has 0 saturated carbocycles. The number of para-hydroxylation sites is 1. The molecule has 0 bridgehead atoms. The van der Waals surface area contributed by atoms with E-state index in [1.54, 1.807) is 12.1 Å². The lowest BCUT2D eigenvalue weighted by Gasteiger charge is -2.21. The Hall–Kier alpha value is -2.11. The van der Waals surface area contributed by atoms with Crippen molar-refractivity contribution in [2.45, 2.75) is 39.7 Å². The van der Waals surface area contributed by atoms with Crippen LogP contribution in [-0.2, 0) is 0 Å². The normalized spacial score (nSPS) is 12.8. The van der Waals surface area contributed by atoms with E-state index in [1.165, 1.54) is 6.07 Å². The lowest BCUT2D eigenvalue weighted by molar-refractivity contribution is -0.383. The molecule has 6 heteroatoms. The Balaban J connectivity index is 2.28. The molecular weight excluding hydrogens is 258 g/mol. The van der Waals surface area contributed by atoms with Crippen LogP contribution in [0.15, 0.2) is 22.6 Å². The first-order valence-electron chi connectivity index (χ1n) is 6.87. The molecule has 0 aliphatic carbocycles. The summed E-state index contributed by atoms with van der Waals surface area (Å²) < 4.78 is 5.54. The summed E-state index contributed by atoms with van der Waals surface area (Å²) in [5.41, 5.74) is 0.685. The maximum atomic E-state index is 11.0. The van der Waals surface area contributed by atoms with Crippen LogP contribution in [0.5, 0.6) is 0 Å². The molecule has 0 saturated heterocycles. The highest BCUT2D eigenvalue weighted by atomic mass is 16.6. The number of nitro groups is 1. The molecule has 2 aromatic rings. The van der Waals surface area contributed by atoms with E-state index in [4.69, 9.17) is 4.42 Å². The van der Waals surface area contributed by atoms with Gasteiger partial charge >= 0.3 is 0 Å². The van der Waals surface area contributed by atoms with Gasteiger partial charge in [-0.05, 0) is 18.9 Å². The number of nitro benzene ring substituents is 1. The van der Waals surface area contributed by atoms with Crippen molar-refractivity contribution >= 4 is 22.8 Å². The second kappa shape index (κ2) is 5.90. The fourth-order valence-electron chi connectivity index (χ4n) is 2.45. The Morgan fingerprint density at radius 1 is 1.40 bits per heavy atom. The number of non-ortho nitro benzene ring substituents is 1. The third kappa shape index (κ3) is 2.74. The van der Waals surface area contributed by atoms with Crippen molar-refractivity contribution in [3.05, 3.63) is 28.3 Å². The Labute approximate surface area is 117 Å². The summed E-state index contributed by atoms with van der Waals surface area (Å²) in [6.45, 7) is 6.35. The third-order valence-corrected chi connectivity index (χ3v) is 3.70. The van der Waals surface area contributed by atoms with Crippen molar-refractivity contribution in [3.63, 3.8) is 0 Å². The van der Waals surface area contributed by atoms with Gasteiger partial charge in [-0.2, -0.15) is 4.98 Å². The van der Waals surface area contributed by atoms with Gasteiger partial charge in [0.25, 0.3) is 11.7 Å². The summed E-state index contributed by atoms with van der Waals surface area (Å²) in [4.78, 5) is 14.7. The first-order valence-corrected chi connectivity index (χ1v) is 6.87. The van der Waals surface area contributed by atoms with Crippen LogP contribution in [0.2, 0.25) is 0 Å². The van der Waals surface area contributed by atoms with E-state index in [0.717, 1.165) is 12.8 Å². The quantitative estimate of drug-likeness (QED) is 0.638. The van der Waals surface area contributed by atoms with E-state index in [2.05, 4.69) is 31.1 Å². The Kier molecular flexibility index (Phi) is 4.22. The van der Waals surface area contributed by atoms with Crippen LogP contribution >= 0.6 is 0 Å². The number of aromatic nitrogens is 1. The van der Waals surface area contributed by atoms with E-state index >= 15 is 0 Å². The number of oxazole rings is 1. The summed E-state index contributed by atoms with van der Waals surface area (Å²) in [6, 6.07) is 5.26. The van der Waals surface area contributed by atoms with Crippen LogP contribution in [0.1, 0.15) is 33.6 Å². The average molecular weight is 277 g/mol. The second-order valence-electron chi connectivity index (χ2n) is 4.91. The molecule has 2 rings (SSSR count). The molecule has 1 atom stereocenters. The van der Waals surface area contributed by atoms with Gasteiger partial charge in [0.1, 0.15) is 0 Å². The SMILES string of the molecule is CCC(CC)C(C)Nc1nc2c([N+](=O)[O-])cccc2o1. The van der Waals surface area contributed by atoms with Crippen LogP contribution in [0.3, 0.4) is 0 Å². The Morgan fingerprint density at radius 3 is 2.70 bits per heavy atom. The Bertz CT molecular complexity index is 605. The fraction of sp³-hybridized carbons (Fsp3) is 0.500. The minimum absolute atomic E-state index is 0.0329. The smallest absolute Gasteiger partial charge is 0.298 e. The molecule has 1 N–H and O–H groups in total. The highest BCUT2D eigenvalue weighted by Crippen LogP contribution is 2.28. The number of anilines is 1. The van der Waals surface area contributed by atoms with Gasteiger partial charge in [-0.15, -0.1) is 0 Å². The molecule has 0 amide bonds. The zero-order valence-electron chi connectivity index (χ0n) is 11.9. The van der Waals surface area contributed by atoms with Crippen LogP contribution in [0.4, 0.5) is 11.7 Å². The molecular formula is C14H19N3O3. The molecule has 20 heavy (non-hydrogen) atoms. The molecule has 6 nitrogen and oxygen atoms in total. The fourth-order valence-corrected chi connectivity index (χ4v) is 2.45. The number of rotatable bonds is 6. The summed E-state index contributed by atoms with van der Waals surface area (Å²) in [6.07, 6.45) is 2.12. The molecule has 1 heterocycles. The van der Waals surface area contributed by atoms with Crippen molar-refractivity contribution < 1.29 is 9.34 Å². The van der Waals surface area contributed by atoms with Crippen LogP contribution in [0.25, 0.3) is 11.1 Å². The van der Waals surface area contributed by atoms with E-state index in [-0.39, 0.29) is 17.2 Å². The second-order valence-corrected chi connectivity index (χ2v) is 4.91. The van der Waals surface area contributed by atoms with Crippen LogP contribution < -0.4 is 5.32 Å². The summed E-state index contributed by atoms with van der Waals surface area (Å²) in [5.74, 6) is 0.514. The van der Waals surface area contributed by atoms with Gasteiger partial charge in [0.15, 0.2) is 11.1 Å². The van der Waals surface area contributed by atoms with E-state index in [9.17, 15) is 10.1 Å². The van der Waals surface area contributed by atoms with Crippen molar-refractivity contribution in [3.8, 4) is 0 Å². The molecule has 0 spiro atoms. The average Bonchev–Trinajstić information content (AvgIpc) is 2.81. The summed E-state index contributed by atoms with van der Waals surface area (Å²) >= 11 is 0. The van der Waals surface area contributed by atoms with E-state index in [0.29, 0.717) is 17.5 Å². The standard InChI is InChI=1S/C14H19N3O3/c1-4-10(5-2)9(3)15-14-16-13-11(17(18)19)7-6-8-12(13)20-14/h6-10H,4-5H2,1-3H3,(H,15,16). The number of hydrogen-bond donors (Lipinski definition) is 1. The van der Waals surface area contributed by atoms with Crippen molar-refractivity contribution in [2.75, 3.05) is 5.32 Å². The first-order chi connectivity index (χ1) is 9.56. The van der Waals surface area contributed by atoms with Crippen molar-refractivity contribution in [1.82, 2.24) is 4.98 Å². The number of hydrogen-bond acceptors (Lipinski definition) is 5. The monoisotopic (exact) mass is 277 g/mol. The van der Waals surface area contributed by atoms with Gasteiger partial charge in [0.05, 0.1) is 4.92 Å². The molecule has 0 radical (unpaired) electrons. The molecule has 1 unspecified atom stereocenters. The molecule has 1 aromatic heterocycles. The lowest BCUT2D eigenvalue weighted by Crippen LogP contribution is -2.25. The van der Waals surface area contributed by atoms with Gasteiger partial charge in [-0.1, -0.05) is 32.8 Å². The molecule has 0 aliphatic rings. The number of nitrogens with one attached hydrogen (secondary N) is 1. The van der Waals surface area contributed by atoms with Crippen LogP contribution in [0, 0.1) is 16.0 Å². The lowest BCUT2D eigenvalue weighted by atomic mass is 9.96. The summed E-state index contributed by atoms with van der Waals surface area (Å²) in [7, 11) is 0. The minimum Gasteiger partial charge on any atom is -0.423 e. The van der Waals surface area contributed by atoms with Crippen molar-refractivity contribution in [2.24, 2.45) is 5.92 Å². The zero-order valence-corrected chi connectivity index (χ0v) is 11.9. The summed E-state index contributed by atoms with van der Waals surface area (Å²) in [5, 5.41) is 14.1. The zero-order chi connectivity index (χ0) is 14.7. The highest BCUT2D eigenvalue weighted by Gasteiger charge is 2.20. The predicted molar refractivity (Wildman–Crippen MR) is 77.8 cm³/mol. The number of benzene rings is 1. The van der Waals surface area contributed by atoms with Gasteiger partial charge in [0, 0.05) is 12.1 Å². The van der Waals surface area contributed by atoms with Gasteiger partial charge in [-0.25, -0.2) is 0 Å². The maximum absolute atomic E-state index is 11.0. The number of nitrogens with zero attached hydrogens (tertiary/aromatic N) is 2. The minimum atomic E-state index is -0.445. The first kappa shape index (κ1) is 14.3. The maximum Gasteiger partial charge on any atom is 0.298 e. The van der Waals surface area contributed by atoms with Gasteiger partial charge in [0.2, 0.25) is 0 Å². The van der Waals surface area contributed by atoms with Gasteiger partial charge < -0.3 is 9.73 Å². The predicted octanol–water partition coefficient (Wildman–Crippen LogP) is 3.97. The van der Waals surface area contributed by atoms with E-state index in [1.807, 2.05) is 0 Å². The molecule has 0 aliphatic heterocycles.